The molecule has 0 aromatic heterocycles. The molecule has 468 valence electrons. The predicted molar refractivity (Wildman–Crippen MR) is 347 cm³/mol. The van der Waals surface area contributed by atoms with E-state index < -0.39 is 12.1 Å². The molecule has 0 rings (SSSR count). The molecule has 0 aromatic carbocycles. The number of carbonyl (C=O) groups excluding carboxylic acids is 2. The van der Waals surface area contributed by atoms with Crippen LogP contribution in [0.15, 0.2) is 24.3 Å². The summed E-state index contributed by atoms with van der Waals surface area (Å²) in [6, 6.07) is -0.625. The second-order valence-corrected chi connectivity index (χ2v) is 24.9. The molecule has 6 heteroatoms. The SMILES string of the molecule is CCCCCCCCCCCC/C=C/C(O)C(CO)NC(=O)CCCCCCCCCCCCCCCCC/C=C\CCCCCCCCCCCCCCOC(=O)CCCCCCCCCCCCCCCCCCCCC. The molecule has 0 aliphatic carbocycles. The summed E-state index contributed by atoms with van der Waals surface area (Å²) in [5.74, 6) is -0.0419. The molecule has 0 radical (unpaired) electrons. The van der Waals surface area contributed by atoms with Gasteiger partial charge in [-0.2, -0.15) is 0 Å². The van der Waals surface area contributed by atoms with Crippen LogP contribution in [0.4, 0.5) is 0 Å². The third-order valence-corrected chi connectivity index (χ3v) is 17.0. The summed E-state index contributed by atoms with van der Waals surface area (Å²) in [4.78, 5) is 24.6. The molecule has 0 aliphatic heterocycles. The highest BCUT2D eigenvalue weighted by Crippen LogP contribution is 2.19. The van der Waals surface area contributed by atoms with Gasteiger partial charge in [-0.25, -0.2) is 0 Å². The molecular weight excluding hydrogens is 971 g/mol. The average Bonchev–Trinajstić information content (AvgIpc) is 3.45. The number of aliphatic hydroxyl groups is 2. The number of carbonyl (C=O) groups is 2. The lowest BCUT2D eigenvalue weighted by Gasteiger charge is -2.20. The highest BCUT2D eigenvalue weighted by atomic mass is 16.5. The maximum Gasteiger partial charge on any atom is 0.305 e. The molecule has 79 heavy (non-hydrogen) atoms. The Morgan fingerprint density at radius 1 is 0.342 bits per heavy atom. The molecule has 0 fully saturated rings. The van der Waals surface area contributed by atoms with E-state index in [9.17, 15) is 19.8 Å². The zero-order chi connectivity index (χ0) is 57.1. The molecule has 2 atom stereocenters. The van der Waals surface area contributed by atoms with Gasteiger partial charge in [0.1, 0.15) is 0 Å². The highest BCUT2D eigenvalue weighted by Gasteiger charge is 2.18. The van der Waals surface area contributed by atoms with Gasteiger partial charge < -0.3 is 20.3 Å². The van der Waals surface area contributed by atoms with Crippen molar-refractivity contribution in [2.45, 2.75) is 418 Å². The number of allylic oxidation sites excluding steroid dienone is 3. The lowest BCUT2D eigenvalue weighted by atomic mass is 10.0. The van der Waals surface area contributed by atoms with E-state index >= 15 is 0 Å². The van der Waals surface area contributed by atoms with Gasteiger partial charge in [0.15, 0.2) is 0 Å². The van der Waals surface area contributed by atoms with Crippen molar-refractivity contribution in [2.75, 3.05) is 13.2 Å². The number of ether oxygens (including phenoxy) is 1. The first-order chi connectivity index (χ1) is 39.0. The van der Waals surface area contributed by atoms with Crippen LogP contribution in [0.5, 0.6) is 0 Å². The molecule has 0 saturated heterocycles. The number of hydrogen-bond acceptors (Lipinski definition) is 5. The van der Waals surface area contributed by atoms with E-state index in [1.165, 1.54) is 340 Å². The van der Waals surface area contributed by atoms with Gasteiger partial charge in [0, 0.05) is 12.8 Å². The average molecular weight is 1110 g/mol. The summed E-state index contributed by atoms with van der Waals surface area (Å²) >= 11 is 0. The van der Waals surface area contributed by atoms with Crippen molar-refractivity contribution in [3.8, 4) is 0 Å². The molecule has 0 bridgehead atoms. The van der Waals surface area contributed by atoms with Crippen molar-refractivity contribution < 1.29 is 24.5 Å². The number of hydrogen-bond donors (Lipinski definition) is 3. The van der Waals surface area contributed by atoms with Gasteiger partial charge in [-0.1, -0.05) is 359 Å². The van der Waals surface area contributed by atoms with Gasteiger partial charge in [-0.3, -0.25) is 9.59 Å². The van der Waals surface area contributed by atoms with Crippen molar-refractivity contribution in [3.63, 3.8) is 0 Å². The molecule has 3 N–H and O–H groups in total. The number of nitrogens with one attached hydrogen (secondary N) is 1. The van der Waals surface area contributed by atoms with Crippen molar-refractivity contribution in [3.05, 3.63) is 24.3 Å². The number of esters is 1. The molecule has 0 spiro atoms. The van der Waals surface area contributed by atoms with Gasteiger partial charge in [0.25, 0.3) is 0 Å². The van der Waals surface area contributed by atoms with Crippen LogP contribution in [0.25, 0.3) is 0 Å². The van der Waals surface area contributed by atoms with Crippen LogP contribution in [0.2, 0.25) is 0 Å². The van der Waals surface area contributed by atoms with Crippen LogP contribution in [-0.4, -0.2) is 47.4 Å². The van der Waals surface area contributed by atoms with Crippen molar-refractivity contribution in [1.82, 2.24) is 5.32 Å². The quantitative estimate of drug-likeness (QED) is 0.0320. The molecule has 1 amide bonds. The van der Waals surface area contributed by atoms with E-state index in [2.05, 4.69) is 31.3 Å². The second kappa shape index (κ2) is 68.8. The molecular formula is C73H141NO5. The van der Waals surface area contributed by atoms with E-state index in [0.717, 1.165) is 38.5 Å². The zero-order valence-corrected chi connectivity index (χ0v) is 53.6. The fourth-order valence-electron chi connectivity index (χ4n) is 11.5. The minimum absolute atomic E-state index is 0.0229. The fourth-order valence-corrected chi connectivity index (χ4v) is 11.5. The Morgan fingerprint density at radius 3 is 0.899 bits per heavy atom. The Morgan fingerprint density at radius 2 is 0.595 bits per heavy atom. The second-order valence-electron chi connectivity index (χ2n) is 24.9. The molecule has 0 saturated carbocycles. The van der Waals surface area contributed by atoms with Crippen LogP contribution >= 0.6 is 0 Å². The van der Waals surface area contributed by atoms with Crippen LogP contribution in [0, 0.1) is 0 Å². The first-order valence-corrected chi connectivity index (χ1v) is 36.1. The van der Waals surface area contributed by atoms with Gasteiger partial charge in [0.2, 0.25) is 5.91 Å². The fraction of sp³-hybridized carbons (Fsp3) is 0.918. The summed E-state index contributed by atoms with van der Waals surface area (Å²) in [6.45, 7) is 4.93. The lowest BCUT2D eigenvalue weighted by Crippen LogP contribution is -2.45. The molecule has 2 unspecified atom stereocenters. The third kappa shape index (κ3) is 65.4. The van der Waals surface area contributed by atoms with Crippen LogP contribution in [0.1, 0.15) is 406 Å². The van der Waals surface area contributed by atoms with Crippen LogP contribution in [-0.2, 0) is 14.3 Å². The number of rotatable bonds is 68. The van der Waals surface area contributed by atoms with E-state index in [0.29, 0.717) is 19.4 Å². The highest BCUT2D eigenvalue weighted by molar-refractivity contribution is 5.76. The maximum atomic E-state index is 12.5. The number of amides is 1. The maximum absolute atomic E-state index is 12.5. The van der Waals surface area contributed by atoms with E-state index in [4.69, 9.17) is 4.74 Å². The standard InChI is InChI=1S/C73H141NO5/c1-3-5-7-9-11-13-15-17-18-19-33-37-40-43-47-51-55-59-63-67-73(78)79-68-64-60-56-52-48-44-41-38-35-32-30-28-26-24-22-20-21-23-25-27-29-31-34-36-39-42-46-50-54-58-62-66-72(77)74-70(69-75)71(76)65-61-57-53-49-45-16-14-12-10-8-6-4-2/h22,24,61,65,70-71,75-76H,3-21,23,25-60,62-64,66-69H2,1-2H3,(H,74,77)/b24-22-,65-61+. The predicted octanol–water partition coefficient (Wildman–Crippen LogP) is 23.3. The Balaban J connectivity index is 3.33. The summed E-state index contributed by atoms with van der Waals surface area (Å²) < 4.78 is 5.52. The van der Waals surface area contributed by atoms with Crippen molar-refractivity contribution >= 4 is 11.9 Å². The van der Waals surface area contributed by atoms with Gasteiger partial charge in [-0.15, -0.1) is 0 Å². The van der Waals surface area contributed by atoms with Gasteiger partial charge >= 0.3 is 5.97 Å². The van der Waals surface area contributed by atoms with Crippen molar-refractivity contribution in [2.24, 2.45) is 0 Å². The molecule has 6 nitrogen and oxygen atoms in total. The number of aliphatic hydroxyl groups excluding tert-OH is 2. The minimum Gasteiger partial charge on any atom is -0.466 e. The smallest absolute Gasteiger partial charge is 0.305 e. The Bertz CT molecular complexity index is 1230. The van der Waals surface area contributed by atoms with Crippen molar-refractivity contribution in [1.29, 1.82) is 0 Å². The summed E-state index contributed by atoms with van der Waals surface area (Å²) in [6.07, 6.45) is 87.1. The van der Waals surface area contributed by atoms with E-state index in [1.807, 2.05) is 6.08 Å². The van der Waals surface area contributed by atoms with Crippen LogP contribution in [0.3, 0.4) is 0 Å². The van der Waals surface area contributed by atoms with Gasteiger partial charge in [-0.05, 0) is 57.8 Å². The van der Waals surface area contributed by atoms with E-state index in [1.54, 1.807) is 6.08 Å². The minimum atomic E-state index is -0.841. The zero-order valence-electron chi connectivity index (χ0n) is 53.6. The molecule has 0 aliphatic rings. The Hall–Kier alpha value is -1.66. The van der Waals surface area contributed by atoms with Crippen LogP contribution < -0.4 is 5.32 Å². The molecule has 0 heterocycles. The normalized spacial score (nSPS) is 12.6. The Kier molecular flexibility index (Phi) is 67.4. The Labute approximate surface area is 494 Å². The summed E-state index contributed by atoms with van der Waals surface area (Å²) in [5, 5.41) is 23.1. The topological polar surface area (TPSA) is 95.9 Å². The monoisotopic (exact) mass is 1110 g/mol. The molecule has 0 aromatic rings. The first-order valence-electron chi connectivity index (χ1n) is 36.1. The lowest BCUT2D eigenvalue weighted by molar-refractivity contribution is -0.143. The number of unbranched alkanes of at least 4 members (excludes halogenated alkanes) is 55. The third-order valence-electron chi connectivity index (χ3n) is 17.0. The summed E-state index contributed by atoms with van der Waals surface area (Å²) in [7, 11) is 0. The van der Waals surface area contributed by atoms with E-state index in [-0.39, 0.29) is 18.5 Å². The summed E-state index contributed by atoms with van der Waals surface area (Å²) in [5.41, 5.74) is 0. The van der Waals surface area contributed by atoms with Gasteiger partial charge in [0.05, 0.1) is 25.4 Å². The largest absolute Gasteiger partial charge is 0.466 e. The first kappa shape index (κ1) is 77.3.